The lowest BCUT2D eigenvalue weighted by atomic mass is 10.0. The van der Waals surface area contributed by atoms with E-state index in [9.17, 15) is 0 Å². The second-order valence-corrected chi connectivity index (χ2v) is 5.20. The van der Waals surface area contributed by atoms with Crippen molar-refractivity contribution in [3.05, 3.63) is 34.0 Å². The quantitative estimate of drug-likeness (QED) is 0.848. The molecule has 0 aliphatic carbocycles. The van der Waals surface area contributed by atoms with E-state index >= 15 is 0 Å². The highest BCUT2D eigenvalue weighted by Crippen LogP contribution is 2.32. The molecule has 0 aliphatic heterocycles. The van der Waals surface area contributed by atoms with Gasteiger partial charge in [-0.05, 0) is 37.1 Å². The number of hydrogen-bond acceptors (Lipinski definition) is 1. The van der Waals surface area contributed by atoms with Crippen molar-refractivity contribution in [3.63, 3.8) is 0 Å². The molecule has 0 bridgehead atoms. The molecule has 0 unspecified atom stereocenters. The fraction of sp³-hybridized carbons (Fsp3) is 0.429. The number of halogens is 1. The van der Waals surface area contributed by atoms with Gasteiger partial charge in [0.25, 0.3) is 0 Å². The molecule has 0 aliphatic rings. The molecule has 1 heterocycles. The maximum atomic E-state index is 6.17. The van der Waals surface area contributed by atoms with Gasteiger partial charge < -0.3 is 10.3 Å². The molecule has 1 aromatic heterocycles. The van der Waals surface area contributed by atoms with Gasteiger partial charge in [0.15, 0.2) is 0 Å². The van der Waals surface area contributed by atoms with Crippen LogP contribution in [0.4, 0.5) is 0 Å². The number of fused-ring (bicyclic) bond motifs is 1. The summed E-state index contributed by atoms with van der Waals surface area (Å²) in [5.74, 6) is 0.490. The average molecular weight is 251 g/mol. The molecule has 0 saturated heterocycles. The van der Waals surface area contributed by atoms with Gasteiger partial charge in [-0.3, -0.25) is 0 Å². The van der Waals surface area contributed by atoms with E-state index in [-0.39, 0.29) is 0 Å². The SMILES string of the molecule is CNCc1c(C(C)C)[nH]c2c(C)c(Cl)ccc12. The molecule has 0 radical (unpaired) electrons. The van der Waals surface area contributed by atoms with E-state index in [1.807, 2.05) is 13.1 Å². The summed E-state index contributed by atoms with van der Waals surface area (Å²) in [7, 11) is 1.98. The van der Waals surface area contributed by atoms with E-state index in [0.717, 1.165) is 17.1 Å². The third kappa shape index (κ3) is 2.07. The molecule has 3 heteroatoms. The van der Waals surface area contributed by atoms with Gasteiger partial charge in [0.05, 0.1) is 5.52 Å². The number of H-pyrrole nitrogens is 1. The first-order chi connectivity index (χ1) is 8.06. The van der Waals surface area contributed by atoms with Crippen LogP contribution < -0.4 is 5.32 Å². The molecule has 0 fully saturated rings. The van der Waals surface area contributed by atoms with E-state index in [1.54, 1.807) is 0 Å². The molecule has 92 valence electrons. The summed E-state index contributed by atoms with van der Waals surface area (Å²) in [5, 5.41) is 5.35. The van der Waals surface area contributed by atoms with Crippen molar-refractivity contribution in [2.75, 3.05) is 7.05 Å². The van der Waals surface area contributed by atoms with Crippen LogP contribution in [0.15, 0.2) is 12.1 Å². The summed E-state index contributed by atoms with van der Waals surface area (Å²) in [6.07, 6.45) is 0. The van der Waals surface area contributed by atoms with Crippen molar-refractivity contribution in [3.8, 4) is 0 Å². The lowest BCUT2D eigenvalue weighted by Crippen LogP contribution is -2.07. The summed E-state index contributed by atoms with van der Waals surface area (Å²) in [6.45, 7) is 7.37. The fourth-order valence-corrected chi connectivity index (χ4v) is 2.47. The second-order valence-electron chi connectivity index (χ2n) is 4.80. The second kappa shape index (κ2) is 4.71. The topological polar surface area (TPSA) is 27.8 Å². The zero-order valence-electron chi connectivity index (χ0n) is 10.8. The molecule has 2 nitrogen and oxygen atoms in total. The van der Waals surface area contributed by atoms with Gasteiger partial charge in [-0.15, -0.1) is 0 Å². The zero-order chi connectivity index (χ0) is 12.6. The van der Waals surface area contributed by atoms with Crippen LogP contribution >= 0.6 is 11.6 Å². The standard InChI is InChI=1S/C14H19ClN2/c1-8(2)13-11(7-16-4)10-5-6-12(15)9(3)14(10)17-13/h5-6,8,16-17H,7H2,1-4H3. The lowest BCUT2D eigenvalue weighted by Gasteiger charge is -2.06. The van der Waals surface area contributed by atoms with Gasteiger partial charge in [-0.1, -0.05) is 31.5 Å². The number of aryl methyl sites for hydroxylation is 1. The Hall–Kier alpha value is -0.990. The Balaban J connectivity index is 2.74. The van der Waals surface area contributed by atoms with Crippen LogP contribution in [-0.2, 0) is 6.54 Å². The van der Waals surface area contributed by atoms with Gasteiger partial charge in [0.2, 0.25) is 0 Å². The number of aromatic nitrogens is 1. The van der Waals surface area contributed by atoms with E-state index in [1.165, 1.54) is 22.2 Å². The van der Waals surface area contributed by atoms with Gasteiger partial charge in [0, 0.05) is 22.6 Å². The summed E-state index contributed by atoms with van der Waals surface area (Å²) in [5.41, 5.74) is 4.97. The summed E-state index contributed by atoms with van der Waals surface area (Å²) >= 11 is 6.17. The predicted octanol–water partition coefficient (Wildman–Crippen LogP) is 3.97. The van der Waals surface area contributed by atoms with Crippen LogP contribution in [-0.4, -0.2) is 12.0 Å². The van der Waals surface area contributed by atoms with E-state index in [4.69, 9.17) is 11.6 Å². The first-order valence-electron chi connectivity index (χ1n) is 6.00. The molecule has 0 spiro atoms. The minimum absolute atomic E-state index is 0.490. The number of hydrogen-bond donors (Lipinski definition) is 2. The molecule has 1 aromatic carbocycles. The molecular weight excluding hydrogens is 232 g/mol. The third-order valence-corrected chi connectivity index (χ3v) is 3.65. The number of rotatable bonds is 3. The first kappa shape index (κ1) is 12.5. The van der Waals surface area contributed by atoms with E-state index < -0.39 is 0 Å². The Morgan fingerprint density at radius 3 is 2.65 bits per heavy atom. The third-order valence-electron chi connectivity index (χ3n) is 3.24. The lowest BCUT2D eigenvalue weighted by molar-refractivity contribution is 0.768. The number of benzene rings is 1. The van der Waals surface area contributed by atoms with Gasteiger partial charge >= 0.3 is 0 Å². The zero-order valence-corrected chi connectivity index (χ0v) is 11.6. The number of aromatic amines is 1. The fourth-order valence-electron chi connectivity index (χ4n) is 2.31. The monoisotopic (exact) mass is 250 g/mol. The maximum absolute atomic E-state index is 6.17. The summed E-state index contributed by atoms with van der Waals surface area (Å²) in [6, 6.07) is 4.09. The molecule has 2 aromatic rings. The molecule has 0 amide bonds. The van der Waals surface area contributed by atoms with Crippen molar-refractivity contribution in [2.24, 2.45) is 0 Å². The van der Waals surface area contributed by atoms with Gasteiger partial charge in [-0.25, -0.2) is 0 Å². The van der Waals surface area contributed by atoms with E-state index in [2.05, 4.69) is 37.1 Å². The van der Waals surface area contributed by atoms with Crippen molar-refractivity contribution in [1.82, 2.24) is 10.3 Å². The first-order valence-corrected chi connectivity index (χ1v) is 6.38. The maximum Gasteiger partial charge on any atom is 0.0504 e. The van der Waals surface area contributed by atoms with Crippen LogP contribution in [0, 0.1) is 6.92 Å². The van der Waals surface area contributed by atoms with Gasteiger partial charge in [0.1, 0.15) is 0 Å². The smallest absolute Gasteiger partial charge is 0.0504 e. The highest BCUT2D eigenvalue weighted by Gasteiger charge is 2.15. The Morgan fingerprint density at radius 2 is 2.06 bits per heavy atom. The van der Waals surface area contributed by atoms with Crippen LogP contribution in [0.3, 0.4) is 0 Å². The predicted molar refractivity (Wildman–Crippen MR) is 74.9 cm³/mol. The Labute approximate surface area is 107 Å². The van der Waals surface area contributed by atoms with Crippen LogP contribution in [0.1, 0.15) is 36.6 Å². The molecule has 0 atom stereocenters. The highest BCUT2D eigenvalue weighted by molar-refractivity contribution is 6.32. The highest BCUT2D eigenvalue weighted by atomic mass is 35.5. The van der Waals surface area contributed by atoms with Crippen LogP contribution in [0.5, 0.6) is 0 Å². The van der Waals surface area contributed by atoms with Crippen molar-refractivity contribution >= 4 is 22.5 Å². The van der Waals surface area contributed by atoms with Gasteiger partial charge in [-0.2, -0.15) is 0 Å². The van der Waals surface area contributed by atoms with Crippen molar-refractivity contribution < 1.29 is 0 Å². The van der Waals surface area contributed by atoms with Crippen LogP contribution in [0.2, 0.25) is 5.02 Å². The van der Waals surface area contributed by atoms with E-state index in [0.29, 0.717) is 5.92 Å². The molecule has 2 rings (SSSR count). The normalized spacial score (nSPS) is 11.6. The number of nitrogens with one attached hydrogen (secondary N) is 2. The Kier molecular flexibility index (Phi) is 3.45. The average Bonchev–Trinajstić information content (AvgIpc) is 2.64. The Morgan fingerprint density at radius 1 is 1.35 bits per heavy atom. The molecular formula is C14H19ClN2. The molecule has 2 N–H and O–H groups in total. The van der Waals surface area contributed by atoms with Crippen molar-refractivity contribution in [1.29, 1.82) is 0 Å². The van der Waals surface area contributed by atoms with Crippen molar-refractivity contribution in [2.45, 2.75) is 33.2 Å². The Bertz CT molecular complexity index is 541. The minimum Gasteiger partial charge on any atom is -0.358 e. The largest absolute Gasteiger partial charge is 0.358 e. The summed E-state index contributed by atoms with van der Waals surface area (Å²) < 4.78 is 0. The summed E-state index contributed by atoms with van der Waals surface area (Å²) in [4.78, 5) is 3.53. The minimum atomic E-state index is 0.490. The van der Waals surface area contributed by atoms with Crippen LogP contribution in [0.25, 0.3) is 10.9 Å². The molecule has 0 saturated carbocycles. The molecule has 17 heavy (non-hydrogen) atoms.